The number of rotatable bonds is 3. The molecule has 0 aliphatic heterocycles. The summed E-state index contributed by atoms with van der Waals surface area (Å²) in [5.41, 5.74) is 7.77. The van der Waals surface area contributed by atoms with E-state index in [0.717, 1.165) is 5.39 Å². The van der Waals surface area contributed by atoms with Gasteiger partial charge in [0.25, 0.3) is 0 Å². The molecule has 0 radical (unpaired) electrons. The number of para-hydroxylation sites is 1. The number of halogens is 1. The molecule has 2 nitrogen and oxygen atoms in total. The number of nitrogens with two attached hydrogens (primary N) is 1. The lowest BCUT2D eigenvalue weighted by atomic mass is 9.85. The van der Waals surface area contributed by atoms with Crippen LogP contribution in [-0.4, -0.2) is 11.5 Å². The number of fused-ring (bicyclic) bond motifs is 1. The van der Waals surface area contributed by atoms with Gasteiger partial charge in [-0.2, -0.15) is 0 Å². The average Bonchev–Trinajstić information content (AvgIpc) is 3.01. The Morgan fingerprint density at radius 3 is 2.83 bits per heavy atom. The summed E-state index contributed by atoms with van der Waals surface area (Å²) >= 11 is 0. The van der Waals surface area contributed by atoms with E-state index in [4.69, 9.17) is 5.73 Å². The van der Waals surface area contributed by atoms with Crippen LogP contribution < -0.4 is 5.73 Å². The molecule has 0 spiro atoms. The van der Waals surface area contributed by atoms with Gasteiger partial charge in [-0.15, -0.1) is 0 Å². The Labute approximate surface area is 106 Å². The van der Waals surface area contributed by atoms with Crippen molar-refractivity contribution in [2.75, 3.05) is 6.54 Å². The fraction of sp³-hybridized carbons (Fsp3) is 0.467. The first-order valence-electron chi connectivity index (χ1n) is 6.77. The minimum Gasteiger partial charge on any atom is -0.359 e. The second-order valence-corrected chi connectivity index (χ2v) is 5.29. The lowest BCUT2D eigenvalue weighted by molar-refractivity contribution is 0.442. The van der Waals surface area contributed by atoms with Gasteiger partial charge in [-0.25, -0.2) is 4.39 Å². The summed E-state index contributed by atoms with van der Waals surface area (Å²) in [6.45, 7) is 0.647. The van der Waals surface area contributed by atoms with Crippen molar-refractivity contribution < 1.29 is 4.39 Å². The maximum absolute atomic E-state index is 13.7. The van der Waals surface area contributed by atoms with Crippen LogP contribution in [0.1, 0.15) is 37.2 Å². The molecule has 1 aliphatic carbocycles. The zero-order valence-corrected chi connectivity index (χ0v) is 10.5. The molecule has 3 N–H and O–H groups in total. The van der Waals surface area contributed by atoms with E-state index in [1.807, 2.05) is 12.3 Å². The van der Waals surface area contributed by atoms with Crippen LogP contribution >= 0.6 is 0 Å². The van der Waals surface area contributed by atoms with Crippen LogP contribution in [0.2, 0.25) is 0 Å². The van der Waals surface area contributed by atoms with Gasteiger partial charge in [-0.05, 0) is 36.9 Å². The van der Waals surface area contributed by atoms with Gasteiger partial charge in [0.2, 0.25) is 0 Å². The minimum atomic E-state index is -0.180. The number of H-pyrrole nitrogens is 1. The molecule has 96 valence electrons. The van der Waals surface area contributed by atoms with Gasteiger partial charge < -0.3 is 10.7 Å². The normalized spacial score (nSPS) is 18.6. The summed E-state index contributed by atoms with van der Waals surface area (Å²) in [5, 5.41) is 0.998. The van der Waals surface area contributed by atoms with E-state index in [1.165, 1.54) is 37.3 Å². The lowest BCUT2D eigenvalue weighted by Crippen LogP contribution is -2.19. The van der Waals surface area contributed by atoms with Crippen molar-refractivity contribution >= 4 is 10.9 Å². The predicted octanol–water partition coefficient (Wildman–Crippen LogP) is 3.54. The van der Waals surface area contributed by atoms with Crippen LogP contribution in [0.5, 0.6) is 0 Å². The Morgan fingerprint density at radius 1 is 1.33 bits per heavy atom. The molecule has 3 rings (SSSR count). The quantitative estimate of drug-likeness (QED) is 0.854. The first kappa shape index (κ1) is 11.7. The summed E-state index contributed by atoms with van der Waals surface area (Å²) in [5.74, 6) is 0.848. The predicted molar refractivity (Wildman–Crippen MR) is 72.0 cm³/mol. The van der Waals surface area contributed by atoms with E-state index in [-0.39, 0.29) is 5.82 Å². The third-order valence-electron chi connectivity index (χ3n) is 4.32. The fourth-order valence-corrected chi connectivity index (χ4v) is 3.38. The molecular formula is C15H19FN2. The van der Waals surface area contributed by atoms with E-state index in [0.29, 0.717) is 23.9 Å². The number of hydrogen-bond acceptors (Lipinski definition) is 1. The molecule has 1 heterocycles. The van der Waals surface area contributed by atoms with Crippen LogP contribution in [0, 0.1) is 11.7 Å². The Balaban J connectivity index is 2.04. The molecule has 1 fully saturated rings. The molecule has 0 amide bonds. The Morgan fingerprint density at radius 2 is 2.11 bits per heavy atom. The van der Waals surface area contributed by atoms with Gasteiger partial charge in [0, 0.05) is 17.5 Å². The highest BCUT2D eigenvalue weighted by Crippen LogP contribution is 2.39. The molecule has 0 bridgehead atoms. The molecule has 0 saturated heterocycles. The van der Waals surface area contributed by atoms with E-state index < -0.39 is 0 Å². The number of aromatic amines is 1. The van der Waals surface area contributed by atoms with Gasteiger partial charge in [0.05, 0.1) is 5.52 Å². The van der Waals surface area contributed by atoms with Crippen molar-refractivity contribution in [2.24, 2.45) is 11.7 Å². The maximum atomic E-state index is 13.7. The first-order valence-corrected chi connectivity index (χ1v) is 6.77. The Kier molecular flexibility index (Phi) is 3.08. The van der Waals surface area contributed by atoms with E-state index >= 15 is 0 Å². The topological polar surface area (TPSA) is 41.8 Å². The molecule has 1 saturated carbocycles. The smallest absolute Gasteiger partial charge is 0.147 e. The summed E-state index contributed by atoms with van der Waals surface area (Å²) in [7, 11) is 0. The molecule has 3 heteroatoms. The summed E-state index contributed by atoms with van der Waals surface area (Å²) in [6, 6.07) is 5.26. The van der Waals surface area contributed by atoms with Crippen molar-refractivity contribution in [1.82, 2.24) is 4.98 Å². The highest BCUT2D eigenvalue weighted by molar-refractivity contribution is 5.84. The third-order valence-corrected chi connectivity index (χ3v) is 4.32. The van der Waals surface area contributed by atoms with Gasteiger partial charge in [-0.1, -0.05) is 25.0 Å². The Hall–Kier alpha value is -1.35. The van der Waals surface area contributed by atoms with Crippen LogP contribution in [0.15, 0.2) is 24.4 Å². The molecule has 2 aromatic rings. The second-order valence-electron chi connectivity index (χ2n) is 5.29. The number of aromatic nitrogens is 1. The molecule has 18 heavy (non-hydrogen) atoms. The molecule has 1 aliphatic rings. The molecule has 1 atom stereocenters. The van der Waals surface area contributed by atoms with Crippen LogP contribution in [0.25, 0.3) is 10.9 Å². The van der Waals surface area contributed by atoms with Gasteiger partial charge in [0.1, 0.15) is 5.82 Å². The number of hydrogen-bond donors (Lipinski definition) is 2. The molecule has 1 unspecified atom stereocenters. The highest BCUT2D eigenvalue weighted by Gasteiger charge is 2.27. The van der Waals surface area contributed by atoms with Crippen molar-refractivity contribution in [2.45, 2.75) is 31.6 Å². The van der Waals surface area contributed by atoms with Crippen molar-refractivity contribution in [3.05, 3.63) is 35.8 Å². The standard InChI is InChI=1S/C15H19FN2/c16-14-7-3-6-11-13(9-18-15(11)14)12(8-17)10-4-1-2-5-10/h3,6-7,9-10,12,18H,1-2,4-5,8,17H2. The number of nitrogens with one attached hydrogen (secondary N) is 1. The summed E-state index contributed by atoms with van der Waals surface area (Å²) in [6.07, 6.45) is 7.06. The summed E-state index contributed by atoms with van der Waals surface area (Å²) < 4.78 is 13.7. The maximum Gasteiger partial charge on any atom is 0.147 e. The van der Waals surface area contributed by atoms with Crippen molar-refractivity contribution in [1.29, 1.82) is 0 Å². The second kappa shape index (κ2) is 4.73. The van der Waals surface area contributed by atoms with Crippen LogP contribution in [0.3, 0.4) is 0 Å². The average molecular weight is 246 g/mol. The van der Waals surface area contributed by atoms with Gasteiger partial charge in [0.15, 0.2) is 0 Å². The monoisotopic (exact) mass is 246 g/mol. The first-order chi connectivity index (χ1) is 8.81. The molecule has 1 aromatic carbocycles. The largest absolute Gasteiger partial charge is 0.359 e. The lowest BCUT2D eigenvalue weighted by Gasteiger charge is -2.21. The Bertz CT molecular complexity index is 540. The number of benzene rings is 1. The molecule has 1 aromatic heterocycles. The minimum absolute atomic E-state index is 0.180. The SMILES string of the molecule is NCC(c1c[nH]c2c(F)cccc12)C1CCCC1. The van der Waals surface area contributed by atoms with Crippen LogP contribution in [-0.2, 0) is 0 Å². The van der Waals surface area contributed by atoms with Gasteiger partial charge in [-0.3, -0.25) is 0 Å². The van der Waals surface area contributed by atoms with Gasteiger partial charge >= 0.3 is 0 Å². The van der Waals surface area contributed by atoms with Crippen molar-refractivity contribution in [3.8, 4) is 0 Å². The van der Waals surface area contributed by atoms with E-state index in [2.05, 4.69) is 4.98 Å². The summed E-state index contributed by atoms with van der Waals surface area (Å²) in [4.78, 5) is 3.06. The zero-order valence-electron chi connectivity index (χ0n) is 10.5. The zero-order chi connectivity index (χ0) is 12.5. The highest BCUT2D eigenvalue weighted by atomic mass is 19.1. The van der Waals surface area contributed by atoms with Crippen LogP contribution in [0.4, 0.5) is 4.39 Å². The van der Waals surface area contributed by atoms with E-state index in [9.17, 15) is 4.39 Å². The fourth-order valence-electron chi connectivity index (χ4n) is 3.38. The molecular weight excluding hydrogens is 227 g/mol. The van der Waals surface area contributed by atoms with Crippen molar-refractivity contribution in [3.63, 3.8) is 0 Å². The third kappa shape index (κ3) is 1.83. The van der Waals surface area contributed by atoms with E-state index in [1.54, 1.807) is 6.07 Å².